The number of carbonyl (C=O) groups is 3. The van der Waals surface area contributed by atoms with Crippen LogP contribution in [0.5, 0.6) is 11.5 Å². The topological polar surface area (TPSA) is 87.2 Å². The van der Waals surface area contributed by atoms with Crippen LogP contribution in [0.4, 0.5) is 4.79 Å². The van der Waals surface area contributed by atoms with E-state index < -0.39 is 11.1 Å². The molecule has 9 heteroatoms. The SMILES string of the molecule is CCN(CC)C(=O)CN1C(=O)S/C(=C\c2cc(OC)c(O)cc2Br)C1=O. The van der Waals surface area contributed by atoms with Gasteiger partial charge < -0.3 is 14.7 Å². The van der Waals surface area contributed by atoms with Crippen LogP contribution in [0.25, 0.3) is 6.08 Å². The summed E-state index contributed by atoms with van der Waals surface area (Å²) in [6.07, 6.45) is 1.53. The van der Waals surface area contributed by atoms with Gasteiger partial charge in [-0.15, -0.1) is 0 Å². The highest BCUT2D eigenvalue weighted by atomic mass is 79.9. The Labute approximate surface area is 164 Å². The zero-order valence-corrected chi connectivity index (χ0v) is 17.0. The summed E-state index contributed by atoms with van der Waals surface area (Å²) in [5.41, 5.74) is 0.570. The fraction of sp³-hybridized carbons (Fsp3) is 0.353. The Morgan fingerprint density at radius 2 is 2.00 bits per heavy atom. The van der Waals surface area contributed by atoms with Gasteiger partial charge in [-0.3, -0.25) is 19.3 Å². The number of benzene rings is 1. The van der Waals surface area contributed by atoms with Gasteiger partial charge >= 0.3 is 0 Å². The molecule has 0 spiro atoms. The van der Waals surface area contributed by atoms with Crippen molar-refractivity contribution < 1.29 is 24.2 Å². The Bertz CT molecular complexity index is 777. The van der Waals surface area contributed by atoms with E-state index in [0.717, 1.165) is 16.7 Å². The summed E-state index contributed by atoms with van der Waals surface area (Å²) in [5.74, 6) is -0.588. The van der Waals surface area contributed by atoms with Crippen molar-refractivity contribution in [2.45, 2.75) is 13.8 Å². The molecule has 1 aliphatic heterocycles. The summed E-state index contributed by atoms with van der Waals surface area (Å²) >= 11 is 4.08. The Hall–Kier alpha value is -2.00. The van der Waals surface area contributed by atoms with Crippen LogP contribution in [0.3, 0.4) is 0 Å². The first-order chi connectivity index (χ1) is 12.3. The molecule has 26 heavy (non-hydrogen) atoms. The second-order valence-electron chi connectivity index (χ2n) is 5.38. The van der Waals surface area contributed by atoms with E-state index in [4.69, 9.17) is 4.74 Å². The zero-order valence-electron chi connectivity index (χ0n) is 14.6. The molecule has 0 radical (unpaired) electrons. The van der Waals surface area contributed by atoms with Gasteiger partial charge in [0.25, 0.3) is 11.1 Å². The molecule has 1 fully saturated rings. The molecule has 0 bridgehead atoms. The van der Waals surface area contributed by atoms with E-state index in [1.165, 1.54) is 19.3 Å². The number of methoxy groups -OCH3 is 1. The van der Waals surface area contributed by atoms with Gasteiger partial charge in [-0.1, -0.05) is 15.9 Å². The molecule has 0 unspecified atom stereocenters. The number of amides is 3. The van der Waals surface area contributed by atoms with E-state index in [2.05, 4.69) is 15.9 Å². The summed E-state index contributed by atoms with van der Waals surface area (Å²) in [6.45, 7) is 4.43. The van der Waals surface area contributed by atoms with Crippen LogP contribution in [-0.2, 0) is 9.59 Å². The molecule has 0 saturated carbocycles. The lowest BCUT2D eigenvalue weighted by atomic mass is 10.2. The molecular weight excluding hydrogens is 424 g/mol. The minimum absolute atomic E-state index is 0.0468. The fourth-order valence-corrected chi connectivity index (χ4v) is 3.70. The van der Waals surface area contributed by atoms with Crippen LogP contribution in [0.15, 0.2) is 21.5 Å². The maximum atomic E-state index is 12.5. The molecule has 1 aromatic carbocycles. The molecule has 0 aromatic heterocycles. The quantitative estimate of drug-likeness (QED) is 0.681. The minimum atomic E-state index is -0.514. The lowest BCUT2D eigenvalue weighted by Crippen LogP contribution is -2.41. The van der Waals surface area contributed by atoms with Crippen molar-refractivity contribution in [2.75, 3.05) is 26.7 Å². The molecule has 1 heterocycles. The third kappa shape index (κ3) is 4.21. The van der Waals surface area contributed by atoms with E-state index in [9.17, 15) is 19.5 Å². The normalized spacial score (nSPS) is 15.7. The number of hydrogen-bond donors (Lipinski definition) is 1. The number of aromatic hydroxyl groups is 1. The lowest BCUT2D eigenvalue weighted by Gasteiger charge is -2.21. The van der Waals surface area contributed by atoms with E-state index in [0.29, 0.717) is 23.1 Å². The average molecular weight is 443 g/mol. The number of likely N-dealkylation sites (N-methyl/N-ethyl adjacent to an activating group) is 1. The number of thioether (sulfide) groups is 1. The first-order valence-corrected chi connectivity index (χ1v) is 9.52. The van der Waals surface area contributed by atoms with Gasteiger partial charge in [0.15, 0.2) is 11.5 Å². The highest BCUT2D eigenvalue weighted by Crippen LogP contribution is 2.37. The Balaban J connectivity index is 2.26. The number of rotatable bonds is 6. The van der Waals surface area contributed by atoms with Gasteiger partial charge in [-0.2, -0.15) is 0 Å². The molecule has 0 atom stereocenters. The van der Waals surface area contributed by atoms with Gasteiger partial charge in [0.05, 0.1) is 12.0 Å². The van der Waals surface area contributed by atoms with Crippen LogP contribution in [-0.4, -0.2) is 58.7 Å². The van der Waals surface area contributed by atoms with Crippen molar-refractivity contribution in [3.8, 4) is 11.5 Å². The van der Waals surface area contributed by atoms with Crippen molar-refractivity contribution >= 4 is 50.8 Å². The molecule has 2 rings (SSSR count). The number of nitrogens with zero attached hydrogens (tertiary/aromatic N) is 2. The Morgan fingerprint density at radius 1 is 1.35 bits per heavy atom. The summed E-state index contributed by atoms with van der Waals surface area (Å²) in [6, 6.07) is 2.99. The second-order valence-corrected chi connectivity index (χ2v) is 7.23. The first kappa shape index (κ1) is 20.3. The predicted octanol–water partition coefficient (Wildman–Crippen LogP) is 3.07. The fourth-order valence-electron chi connectivity index (χ4n) is 2.42. The number of ether oxygens (including phenoxy) is 1. The third-order valence-electron chi connectivity index (χ3n) is 3.87. The van der Waals surface area contributed by atoms with Gasteiger partial charge in [-0.25, -0.2) is 0 Å². The molecule has 1 saturated heterocycles. The van der Waals surface area contributed by atoms with Crippen LogP contribution < -0.4 is 4.74 Å². The maximum absolute atomic E-state index is 12.5. The molecule has 1 aliphatic rings. The van der Waals surface area contributed by atoms with Gasteiger partial charge in [0.2, 0.25) is 5.91 Å². The second kappa shape index (κ2) is 8.59. The lowest BCUT2D eigenvalue weighted by molar-refractivity contribution is -0.135. The van der Waals surface area contributed by atoms with E-state index >= 15 is 0 Å². The van der Waals surface area contributed by atoms with Crippen LogP contribution in [0, 0.1) is 0 Å². The van der Waals surface area contributed by atoms with E-state index in [1.807, 2.05) is 13.8 Å². The van der Waals surface area contributed by atoms with E-state index in [-0.39, 0.29) is 28.9 Å². The number of phenolic OH excluding ortho intramolecular Hbond substituents is 1. The monoisotopic (exact) mass is 442 g/mol. The van der Waals surface area contributed by atoms with Crippen molar-refractivity contribution in [3.05, 3.63) is 27.1 Å². The summed E-state index contributed by atoms with van der Waals surface area (Å²) < 4.78 is 5.60. The number of hydrogen-bond acceptors (Lipinski definition) is 6. The molecule has 140 valence electrons. The molecular formula is C17H19BrN2O5S. The van der Waals surface area contributed by atoms with Crippen LogP contribution >= 0.6 is 27.7 Å². The summed E-state index contributed by atoms with van der Waals surface area (Å²) in [4.78, 5) is 39.6. The highest BCUT2D eigenvalue weighted by molar-refractivity contribution is 9.10. The highest BCUT2D eigenvalue weighted by Gasteiger charge is 2.37. The number of imide groups is 1. The third-order valence-corrected chi connectivity index (χ3v) is 5.46. The van der Waals surface area contributed by atoms with Crippen molar-refractivity contribution in [1.29, 1.82) is 0 Å². The van der Waals surface area contributed by atoms with E-state index in [1.54, 1.807) is 11.0 Å². The van der Waals surface area contributed by atoms with Gasteiger partial charge in [-0.05, 0) is 49.4 Å². The van der Waals surface area contributed by atoms with Crippen LogP contribution in [0.1, 0.15) is 19.4 Å². The summed E-state index contributed by atoms with van der Waals surface area (Å²) in [5, 5.41) is 9.28. The predicted molar refractivity (Wildman–Crippen MR) is 103 cm³/mol. The largest absolute Gasteiger partial charge is 0.504 e. The maximum Gasteiger partial charge on any atom is 0.294 e. The molecule has 1 aromatic rings. The molecule has 7 nitrogen and oxygen atoms in total. The van der Waals surface area contributed by atoms with Crippen molar-refractivity contribution in [3.63, 3.8) is 0 Å². The molecule has 3 amide bonds. The van der Waals surface area contributed by atoms with Crippen LogP contribution in [0.2, 0.25) is 0 Å². The number of carbonyl (C=O) groups excluding carboxylic acids is 3. The van der Waals surface area contributed by atoms with Crippen molar-refractivity contribution in [1.82, 2.24) is 9.80 Å². The minimum Gasteiger partial charge on any atom is -0.504 e. The first-order valence-electron chi connectivity index (χ1n) is 7.91. The molecule has 0 aliphatic carbocycles. The standard InChI is InChI=1S/C17H19BrN2O5S/c1-4-19(5-2)15(22)9-20-16(23)14(26-17(20)24)7-10-6-13(25-3)12(21)8-11(10)18/h6-8,21H,4-5,9H2,1-3H3/b14-7-. The number of halogens is 1. The van der Waals surface area contributed by atoms with Gasteiger partial charge in [0, 0.05) is 17.6 Å². The Kier molecular flexibility index (Phi) is 6.71. The number of phenols is 1. The average Bonchev–Trinajstić information content (AvgIpc) is 2.86. The summed E-state index contributed by atoms with van der Waals surface area (Å²) in [7, 11) is 1.42. The Morgan fingerprint density at radius 3 is 2.58 bits per heavy atom. The molecule has 1 N–H and O–H groups in total. The van der Waals surface area contributed by atoms with Crippen molar-refractivity contribution in [2.24, 2.45) is 0 Å². The zero-order chi connectivity index (χ0) is 19.4. The smallest absolute Gasteiger partial charge is 0.294 e. The van der Waals surface area contributed by atoms with Gasteiger partial charge in [0.1, 0.15) is 6.54 Å².